The lowest BCUT2D eigenvalue weighted by Crippen LogP contribution is -2.30. The molecule has 0 unspecified atom stereocenters. The zero-order chi connectivity index (χ0) is 22.5. The molecule has 6 nitrogen and oxygen atoms in total. The number of rotatable bonds is 7. The number of carbonyl (C=O) groups is 2. The van der Waals surface area contributed by atoms with E-state index in [-0.39, 0.29) is 29.8 Å². The molecule has 162 valence electrons. The minimum Gasteiger partial charge on any atom is -0.452 e. The molecule has 2 aromatic carbocycles. The molecule has 0 aliphatic rings. The molecule has 0 bridgehead atoms. The SMILES string of the molecule is CN(Cc1ccsc1)C(=O)COC(=O)c1ccccc1-c1ncc(-c2ccc(F)cc2)o1. The number of likely N-dealkylation sites (N-methyl/N-ethyl adjacent to an activating group) is 1. The van der Waals surface area contributed by atoms with Crippen LogP contribution in [0.2, 0.25) is 0 Å². The standard InChI is InChI=1S/C24H19FN2O4S/c1-27(13-16-10-11-32-15-16)22(28)14-30-24(29)20-5-3-2-4-19(20)23-26-12-21(31-23)17-6-8-18(25)9-7-17/h2-12,15H,13-14H2,1H3. The van der Waals surface area contributed by atoms with Gasteiger partial charge in [-0.25, -0.2) is 14.2 Å². The zero-order valence-electron chi connectivity index (χ0n) is 17.2. The second-order valence-electron chi connectivity index (χ2n) is 7.04. The van der Waals surface area contributed by atoms with Crippen LogP contribution in [-0.4, -0.2) is 35.4 Å². The maximum Gasteiger partial charge on any atom is 0.339 e. The van der Waals surface area contributed by atoms with E-state index in [2.05, 4.69) is 4.98 Å². The van der Waals surface area contributed by atoms with Crippen LogP contribution in [0.15, 0.2) is 76.0 Å². The molecular weight excluding hydrogens is 431 g/mol. The fourth-order valence-electron chi connectivity index (χ4n) is 3.05. The number of aromatic nitrogens is 1. The van der Waals surface area contributed by atoms with Gasteiger partial charge in [0.1, 0.15) is 5.82 Å². The molecule has 0 fully saturated rings. The lowest BCUT2D eigenvalue weighted by atomic mass is 10.1. The van der Waals surface area contributed by atoms with E-state index in [0.717, 1.165) is 5.56 Å². The summed E-state index contributed by atoms with van der Waals surface area (Å²) in [6.07, 6.45) is 1.51. The molecular formula is C24H19FN2O4S. The first-order valence-electron chi connectivity index (χ1n) is 9.74. The number of ether oxygens (including phenoxy) is 1. The quantitative estimate of drug-likeness (QED) is 0.370. The predicted octanol–water partition coefficient (Wildman–Crippen LogP) is 5.02. The molecule has 0 aliphatic carbocycles. The van der Waals surface area contributed by atoms with Crippen molar-refractivity contribution in [1.82, 2.24) is 9.88 Å². The van der Waals surface area contributed by atoms with E-state index in [1.807, 2.05) is 16.8 Å². The zero-order valence-corrected chi connectivity index (χ0v) is 18.0. The minimum atomic E-state index is -0.653. The normalized spacial score (nSPS) is 10.7. The van der Waals surface area contributed by atoms with E-state index < -0.39 is 5.97 Å². The van der Waals surface area contributed by atoms with Gasteiger partial charge in [0.15, 0.2) is 12.4 Å². The van der Waals surface area contributed by atoms with Crippen molar-refractivity contribution in [2.24, 2.45) is 0 Å². The van der Waals surface area contributed by atoms with E-state index in [1.54, 1.807) is 54.8 Å². The van der Waals surface area contributed by atoms with Gasteiger partial charge in [0.05, 0.1) is 17.3 Å². The molecule has 0 spiro atoms. The summed E-state index contributed by atoms with van der Waals surface area (Å²) in [6.45, 7) is 0.0686. The fraction of sp³-hybridized carbons (Fsp3) is 0.125. The number of thiophene rings is 1. The van der Waals surface area contributed by atoms with E-state index in [9.17, 15) is 14.0 Å². The Hall–Kier alpha value is -3.78. The van der Waals surface area contributed by atoms with E-state index >= 15 is 0 Å². The summed E-state index contributed by atoms with van der Waals surface area (Å²) in [5.74, 6) is -0.653. The molecule has 2 heterocycles. The highest BCUT2D eigenvalue weighted by atomic mass is 32.1. The smallest absolute Gasteiger partial charge is 0.339 e. The molecule has 0 radical (unpaired) electrons. The minimum absolute atomic E-state index is 0.220. The van der Waals surface area contributed by atoms with Crippen LogP contribution >= 0.6 is 11.3 Å². The maximum absolute atomic E-state index is 13.2. The Labute approximate surface area is 187 Å². The second-order valence-corrected chi connectivity index (χ2v) is 7.82. The van der Waals surface area contributed by atoms with Crippen molar-refractivity contribution in [2.45, 2.75) is 6.54 Å². The summed E-state index contributed by atoms with van der Waals surface area (Å²) >= 11 is 1.55. The van der Waals surface area contributed by atoms with Crippen LogP contribution in [-0.2, 0) is 16.1 Å². The summed E-state index contributed by atoms with van der Waals surface area (Å²) in [6, 6.07) is 14.5. The molecule has 1 amide bonds. The Bertz CT molecular complexity index is 1220. The van der Waals surface area contributed by atoms with E-state index in [4.69, 9.17) is 9.15 Å². The van der Waals surface area contributed by atoms with Gasteiger partial charge in [0.25, 0.3) is 5.91 Å². The molecule has 2 aromatic heterocycles. The van der Waals surface area contributed by atoms with E-state index in [0.29, 0.717) is 23.4 Å². The monoisotopic (exact) mass is 450 g/mol. The first-order chi connectivity index (χ1) is 15.5. The van der Waals surface area contributed by atoms with Gasteiger partial charge in [-0.1, -0.05) is 12.1 Å². The molecule has 0 aliphatic heterocycles. The van der Waals surface area contributed by atoms with Crippen LogP contribution in [0.4, 0.5) is 4.39 Å². The molecule has 4 aromatic rings. The predicted molar refractivity (Wildman–Crippen MR) is 118 cm³/mol. The molecule has 0 atom stereocenters. The Morgan fingerprint density at radius 1 is 1.12 bits per heavy atom. The van der Waals surface area contributed by atoms with Crippen LogP contribution < -0.4 is 0 Å². The van der Waals surface area contributed by atoms with Gasteiger partial charge in [0, 0.05) is 19.2 Å². The Kier molecular flexibility index (Phi) is 6.42. The molecule has 0 saturated heterocycles. The third-order valence-electron chi connectivity index (χ3n) is 4.76. The van der Waals surface area contributed by atoms with Crippen molar-refractivity contribution >= 4 is 23.2 Å². The number of carbonyl (C=O) groups excluding carboxylic acids is 2. The highest BCUT2D eigenvalue weighted by Gasteiger charge is 2.20. The van der Waals surface area contributed by atoms with Crippen LogP contribution in [0.5, 0.6) is 0 Å². The summed E-state index contributed by atoms with van der Waals surface area (Å²) in [5.41, 5.74) is 2.34. The number of hydrogen-bond acceptors (Lipinski definition) is 6. The van der Waals surface area contributed by atoms with Crippen molar-refractivity contribution in [3.8, 4) is 22.8 Å². The van der Waals surface area contributed by atoms with Crippen molar-refractivity contribution in [3.63, 3.8) is 0 Å². The third kappa shape index (κ3) is 4.92. The average Bonchev–Trinajstić information content (AvgIpc) is 3.50. The number of nitrogens with zero attached hydrogens (tertiary/aromatic N) is 2. The van der Waals surface area contributed by atoms with E-state index in [1.165, 1.54) is 23.2 Å². The summed E-state index contributed by atoms with van der Waals surface area (Å²) in [5, 5.41) is 3.90. The number of benzene rings is 2. The van der Waals surface area contributed by atoms with Gasteiger partial charge in [0.2, 0.25) is 5.89 Å². The molecule has 32 heavy (non-hydrogen) atoms. The van der Waals surface area contributed by atoms with Crippen LogP contribution in [0, 0.1) is 5.82 Å². The Balaban J connectivity index is 1.45. The summed E-state index contributed by atoms with van der Waals surface area (Å²) in [7, 11) is 1.66. The number of halogens is 1. The highest BCUT2D eigenvalue weighted by molar-refractivity contribution is 7.07. The molecule has 0 saturated carbocycles. The molecule has 4 rings (SSSR count). The van der Waals surface area contributed by atoms with Crippen LogP contribution in [0.1, 0.15) is 15.9 Å². The number of hydrogen-bond donors (Lipinski definition) is 0. The Morgan fingerprint density at radius 2 is 1.91 bits per heavy atom. The fourth-order valence-corrected chi connectivity index (χ4v) is 3.71. The van der Waals surface area contributed by atoms with Gasteiger partial charge < -0.3 is 14.1 Å². The lowest BCUT2D eigenvalue weighted by molar-refractivity contribution is -0.133. The highest BCUT2D eigenvalue weighted by Crippen LogP contribution is 2.28. The van der Waals surface area contributed by atoms with Crippen molar-refractivity contribution in [1.29, 1.82) is 0 Å². The number of oxazole rings is 1. The summed E-state index contributed by atoms with van der Waals surface area (Å²) < 4.78 is 24.2. The van der Waals surface area contributed by atoms with Gasteiger partial charge in [-0.15, -0.1) is 0 Å². The van der Waals surface area contributed by atoms with Gasteiger partial charge in [-0.05, 0) is 58.8 Å². The van der Waals surface area contributed by atoms with Crippen molar-refractivity contribution in [2.75, 3.05) is 13.7 Å². The maximum atomic E-state index is 13.2. The third-order valence-corrected chi connectivity index (χ3v) is 5.50. The number of esters is 1. The second kappa shape index (κ2) is 9.57. The van der Waals surface area contributed by atoms with Crippen LogP contribution in [0.25, 0.3) is 22.8 Å². The molecule has 8 heteroatoms. The van der Waals surface area contributed by atoms with Gasteiger partial charge in [-0.3, -0.25) is 4.79 Å². The molecule has 0 N–H and O–H groups in total. The van der Waals surface area contributed by atoms with Crippen LogP contribution in [0.3, 0.4) is 0 Å². The first kappa shape index (κ1) is 21.5. The van der Waals surface area contributed by atoms with Gasteiger partial charge >= 0.3 is 5.97 Å². The summed E-state index contributed by atoms with van der Waals surface area (Å²) in [4.78, 5) is 30.8. The average molecular weight is 450 g/mol. The lowest BCUT2D eigenvalue weighted by Gasteiger charge is -2.16. The van der Waals surface area contributed by atoms with Crippen molar-refractivity contribution < 1.29 is 23.1 Å². The Morgan fingerprint density at radius 3 is 2.66 bits per heavy atom. The van der Waals surface area contributed by atoms with Crippen molar-refractivity contribution in [3.05, 3.63) is 88.5 Å². The topological polar surface area (TPSA) is 72.6 Å². The number of amides is 1. The first-order valence-corrected chi connectivity index (χ1v) is 10.7. The van der Waals surface area contributed by atoms with Gasteiger partial charge in [-0.2, -0.15) is 11.3 Å². The largest absolute Gasteiger partial charge is 0.452 e.